The number of amides is 1. The number of morpholine rings is 1. The van der Waals surface area contributed by atoms with Crippen LogP contribution < -0.4 is 5.32 Å². The Balaban J connectivity index is 1.89. The standard InChI is InChI=1S/C15H20N2O4/c1-2-17-7-8-21-10-13(17)14(18)16-9-11-3-5-12(6-4-11)15(19)20/h3-6,13H,2,7-10H2,1H3,(H,16,18)(H,19,20). The molecule has 1 aromatic carbocycles. The third-order valence-corrected chi connectivity index (χ3v) is 3.62. The van der Waals surface area contributed by atoms with E-state index in [0.717, 1.165) is 18.7 Å². The van der Waals surface area contributed by atoms with Crippen molar-refractivity contribution in [2.24, 2.45) is 0 Å². The first-order valence-electron chi connectivity index (χ1n) is 7.03. The van der Waals surface area contributed by atoms with Crippen molar-refractivity contribution in [2.75, 3.05) is 26.3 Å². The van der Waals surface area contributed by atoms with Gasteiger partial charge in [-0.15, -0.1) is 0 Å². The second kappa shape index (κ2) is 7.19. The van der Waals surface area contributed by atoms with E-state index in [-0.39, 0.29) is 17.5 Å². The highest BCUT2D eigenvalue weighted by molar-refractivity contribution is 5.87. The molecule has 0 aliphatic carbocycles. The van der Waals surface area contributed by atoms with Gasteiger partial charge in [-0.25, -0.2) is 4.79 Å². The quantitative estimate of drug-likeness (QED) is 0.836. The zero-order chi connectivity index (χ0) is 15.2. The summed E-state index contributed by atoms with van der Waals surface area (Å²) in [6.45, 7) is 5.06. The summed E-state index contributed by atoms with van der Waals surface area (Å²) in [6, 6.07) is 6.23. The topological polar surface area (TPSA) is 78.9 Å². The minimum atomic E-state index is -0.955. The highest BCUT2D eigenvalue weighted by Gasteiger charge is 2.27. The molecule has 6 nitrogen and oxygen atoms in total. The number of carboxylic acid groups (broad SMARTS) is 1. The summed E-state index contributed by atoms with van der Waals surface area (Å²) < 4.78 is 5.36. The summed E-state index contributed by atoms with van der Waals surface area (Å²) in [5.41, 5.74) is 1.11. The summed E-state index contributed by atoms with van der Waals surface area (Å²) in [6.07, 6.45) is 0. The van der Waals surface area contributed by atoms with Crippen molar-refractivity contribution in [3.63, 3.8) is 0 Å². The molecule has 0 radical (unpaired) electrons. The first-order chi connectivity index (χ1) is 10.1. The molecule has 1 aliphatic rings. The molecule has 114 valence electrons. The van der Waals surface area contributed by atoms with Gasteiger partial charge in [-0.3, -0.25) is 9.69 Å². The number of hydrogen-bond acceptors (Lipinski definition) is 4. The maximum atomic E-state index is 12.2. The zero-order valence-electron chi connectivity index (χ0n) is 12.0. The molecule has 1 atom stereocenters. The fourth-order valence-corrected chi connectivity index (χ4v) is 2.33. The largest absolute Gasteiger partial charge is 0.478 e. The molecular weight excluding hydrogens is 272 g/mol. The summed E-state index contributed by atoms with van der Waals surface area (Å²) in [5.74, 6) is -1.01. The smallest absolute Gasteiger partial charge is 0.335 e. The summed E-state index contributed by atoms with van der Waals surface area (Å²) in [4.78, 5) is 25.0. The molecule has 21 heavy (non-hydrogen) atoms. The van der Waals surface area contributed by atoms with Gasteiger partial charge in [-0.05, 0) is 24.2 Å². The van der Waals surface area contributed by atoms with Crippen LogP contribution in [0.15, 0.2) is 24.3 Å². The van der Waals surface area contributed by atoms with E-state index in [4.69, 9.17) is 9.84 Å². The van der Waals surface area contributed by atoms with Gasteiger partial charge in [-0.1, -0.05) is 19.1 Å². The monoisotopic (exact) mass is 292 g/mol. The lowest BCUT2D eigenvalue weighted by Gasteiger charge is -2.33. The molecule has 1 aliphatic heterocycles. The molecular formula is C15H20N2O4. The Labute approximate surface area is 123 Å². The molecule has 1 amide bonds. The van der Waals surface area contributed by atoms with Gasteiger partial charge in [0.05, 0.1) is 18.8 Å². The number of carbonyl (C=O) groups excluding carboxylic acids is 1. The third-order valence-electron chi connectivity index (χ3n) is 3.62. The second-order valence-corrected chi connectivity index (χ2v) is 4.94. The Hall–Kier alpha value is -1.92. The van der Waals surface area contributed by atoms with Crippen LogP contribution in [0.5, 0.6) is 0 Å². The van der Waals surface area contributed by atoms with Crippen LogP contribution in [-0.4, -0.2) is 54.2 Å². The van der Waals surface area contributed by atoms with E-state index in [1.165, 1.54) is 12.1 Å². The van der Waals surface area contributed by atoms with Gasteiger partial charge in [0, 0.05) is 13.1 Å². The lowest BCUT2D eigenvalue weighted by Crippen LogP contribution is -2.53. The fourth-order valence-electron chi connectivity index (χ4n) is 2.33. The van der Waals surface area contributed by atoms with Crippen LogP contribution in [0.3, 0.4) is 0 Å². The summed E-state index contributed by atoms with van der Waals surface area (Å²) in [7, 11) is 0. The Kier molecular flexibility index (Phi) is 5.30. The average molecular weight is 292 g/mol. The summed E-state index contributed by atoms with van der Waals surface area (Å²) in [5, 5.41) is 11.7. The van der Waals surface area contributed by atoms with Crippen molar-refractivity contribution < 1.29 is 19.4 Å². The number of aromatic carboxylic acids is 1. The van der Waals surface area contributed by atoms with E-state index in [0.29, 0.717) is 19.8 Å². The Bertz CT molecular complexity index is 501. The molecule has 1 aromatic rings. The van der Waals surface area contributed by atoms with E-state index in [2.05, 4.69) is 10.2 Å². The molecule has 1 fully saturated rings. The van der Waals surface area contributed by atoms with Crippen molar-refractivity contribution in [3.05, 3.63) is 35.4 Å². The van der Waals surface area contributed by atoms with E-state index in [1.807, 2.05) is 6.92 Å². The van der Waals surface area contributed by atoms with Gasteiger partial charge in [-0.2, -0.15) is 0 Å². The lowest BCUT2D eigenvalue weighted by molar-refractivity contribution is -0.132. The number of nitrogens with zero attached hydrogens (tertiary/aromatic N) is 1. The second-order valence-electron chi connectivity index (χ2n) is 4.94. The van der Waals surface area contributed by atoms with Crippen LogP contribution >= 0.6 is 0 Å². The van der Waals surface area contributed by atoms with Crippen molar-refractivity contribution in [3.8, 4) is 0 Å². The van der Waals surface area contributed by atoms with Gasteiger partial charge in [0.1, 0.15) is 6.04 Å². The van der Waals surface area contributed by atoms with Crippen LogP contribution in [0.1, 0.15) is 22.8 Å². The normalized spacial score (nSPS) is 19.2. The molecule has 1 heterocycles. The van der Waals surface area contributed by atoms with Crippen molar-refractivity contribution in [2.45, 2.75) is 19.5 Å². The minimum absolute atomic E-state index is 0.0566. The van der Waals surface area contributed by atoms with Crippen LogP contribution in [0.25, 0.3) is 0 Å². The molecule has 1 unspecified atom stereocenters. The number of ether oxygens (including phenoxy) is 1. The number of hydrogen-bond donors (Lipinski definition) is 2. The van der Waals surface area contributed by atoms with Crippen molar-refractivity contribution in [1.29, 1.82) is 0 Å². The predicted molar refractivity (Wildman–Crippen MR) is 77.1 cm³/mol. The third kappa shape index (κ3) is 4.03. The van der Waals surface area contributed by atoms with Crippen LogP contribution in [-0.2, 0) is 16.1 Å². The van der Waals surface area contributed by atoms with E-state index < -0.39 is 5.97 Å². The highest BCUT2D eigenvalue weighted by Crippen LogP contribution is 2.08. The Morgan fingerprint density at radius 2 is 2.10 bits per heavy atom. The summed E-state index contributed by atoms with van der Waals surface area (Å²) >= 11 is 0. The molecule has 2 N–H and O–H groups in total. The van der Waals surface area contributed by atoms with Crippen LogP contribution in [0, 0.1) is 0 Å². The molecule has 1 saturated heterocycles. The van der Waals surface area contributed by atoms with E-state index in [9.17, 15) is 9.59 Å². The van der Waals surface area contributed by atoms with Gasteiger partial charge in [0.25, 0.3) is 0 Å². The molecule has 0 bridgehead atoms. The minimum Gasteiger partial charge on any atom is -0.478 e. The number of carboxylic acids is 1. The van der Waals surface area contributed by atoms with Crippen LogP contribution in [0.4, 0.5) is 0 Å². The fraction of sp³-hybridized carbons (Fsp3) is 0.467. The molecule has 0 saturated carbocycles. The maximum Gasteiger partial charge on any atom is 0.335 e. The first-order valence-corrected chi connectivity index (χ1v) is 7.03. The molecule has 0 spiro atoms. The van der Waals surface area contributed by atoms with Crippen LogP contribution in [0.2, 0.25) is 0 Å². The highest BCUT2D eigenvalue weighted by atomic mass is 16.5. The SMILES string of the molecule is CCN1CCOCC1C(=O)NCc1ccc(C(=O)O)cc1. The Morgan fingerprint density at radius 1 is 1.38 bits per heavy atom. The first kappa shape index (κ1) is 15.5. The predicted octanol–water partition coefficient (Wildman–Crippen LogP) is 0.722. The molecule has 2 rings (SSSR count). The number of likely N-dealkylation sites (N-methyl/N-ethyl adjacent to an activating group) is 1. The average Bonchev–Trinajstić information content (AvgIpc) is 2.52. The van der Waals surface area contributed by atoms with E-state index in [1.54, 1.807) is 12.1 Å². The number of carbonyl (C=O) groups is 2. The van der Waals surface area contributed by atoms with Gasteiger partial charge < -0.3 is 15.2 Å². The number of rotatable bonds is 5. The van der Waals surface area contributed by atoms with Crippen molar-refractivity contribution >= 4 is 11.9 Å². The zero-order valence-corrected chi connectivity index (χ0v) is 12.0. The molecule has 6 heteroatoms. The Morgan fingerprint density at radius 3 is 2.71 bits per heavy atom. The lowest BCUT2D eigenvalue weighted by atomic mass is 10.1. The van der Waals surface area contributed by atoms with Gasteiger partial charge in [0.2, 0.25) is 5.91 Å². The van der Waals surface area contributed by atoms with E-state index >= 15 is 0 Å². The van der Waals surface area contributed by atoms with Gasteiger partial charge >= 0.3 is 5.97 Å². The number of nitrogens with one attached hydrogen (secondary N) is 1. The van der Waals surface area contributed by atoms with Gasteiger partial charge in [0.15, 0.2) is 0 Å². The number of benzene rings is 1. The molecule has 0 aromatic heterocycles. The van der Waals surface area contributed by atoms with Crippen molar-refractivity contribution in [1.82, 2.24) is 10.2 Å². The maximum absolute atomic E-state index is 12.2.